The molecule has 1 aliphatic rings. The summed E-state index contributed by atoms with van der Waals surface area (Å²) < 4.78 is 12.6. The lowest BCUT2D eigenvalue weighted by molar-refractivity contribution is 0.556. The molecule has 1 aliphatic carbocycles. The Balaban J connectivity index is 2.00. The molecule has 1 nitrogen and oxygen atoms in total. The van der Waals surface area contributed by atoms with E-state index in [2.05, 4.69) is 12.2 Å². The Labute approximate surface area is 84.3 Å². The molecule has 0 spiro atoms. The van der Waals surface area contributed by atoms with Crippen molar-refractivity contribution < 1.29 is 4.39 Å². The van der Waals surface area contributed by atoms with E-state index >= 15 is 0 Å². The lowest BCUT2D eigenvalue weighted by Crippen LogP contribution is -2.21. The summed E-state index contributed by atoms with van der Waals surface area (Å²) >= 11 is 0. The van der Waals surface area contributed by atoms with Gasteiger partial charge in [-0.05, 0) is 43.0 Å². The molecule has 0 unspecified atom stereocenters. The summed E-state index contributed by atoms with van der Waals surface area (Å²) in [6.07, 6.45) is 3.84. The minimum absolute atomic E-state index is 0.171. The molecule has 1 aromatic carbocycles. The molecule has 2 atom stereocenters. The first-order valence-corrected chi connectivity index (χ1v) is 5.28. The highest BCUT2D eigenvalue weighted by atomic mass is 19.1. The Morgan fingerprint density at radius 1 is 1.21 bits per heavy atom. The fourth-order valence-corrected chi connectivity index (χ4v) is 2.12. The van der Waals surface area contributed by atoms with Crippen LogP contribution in [0.1, 0.15) is 26.2 Å². The molecule has 76 valence electrons. The zero-order chi connectivity index (χ0) is 9.97. The van der Waals surface area contributed by atoms with Crippen molar-refractivity contribution in [2.24, 2.45) is 5.92 Å². The first kappa shape index (κ1) is 9.50. The second kappa shape index (κ2) is 3.99. The fraction of sp³-hybridized carbons (Fsp3) is 0.500. The first-order chi connectivity index (χ1) is 6.75. The van der Waals surface area contributed by atoms with E-state index < -0.39 is 0 Å². The molecule has 2 heteroatoms. The Hall–Kier alpha value is -1.05. The largest absolute Gasteiger partial charge is 0.382 e. The second-order valence-corrected chi connectivity index (χ2v) is 4.17. The zero-order valence-corrected chi connectivity index (χ0v) is 8.46. The van der Waals surface area contributed by atoms with Crippen molar-refractivity contribution in [3.05, 3.63) is 30.1 Å². The molecule has 0 amide bonds. The molecular weight excluding hydrogens is 177 g/mol. The molecule has 0 radical (unpaired) electrons. The predicted molar refractivity (Wildman–Crippen MR) is 56.8 cm³/mol. The molecular formula is C12H16FN. The van der Waals surface area contributed by atoms with Crippen LogP contribution in [0, 0.1) is 11.7 Å². The van der Waals surface area contributed by atoms with Gasteiger partial charge in [0.05, 0.1) is 0 Å². The lowest BCUT2D eigenvalue weighted by atomic mass is 10.1. The van der Waals surface area contributed by atoms with E-state index in [0.29, 0.717) is 6.04 Å². The van der Waals surface area contributed by atoms with E-state index in [4.69, 9.17) is 0 Å². The zero-order valence-electron chi connectivity index (χ0n) is 8.46. The van der Waals surface area contributed by atoms with Crippen LogP contribution in [0.25, 0.3) is 0 Å². The number of benzene rings is 1. The quantitative estimate of drug-likeness (QED) is 0.758. The Morgan fingerprint density at radius 2 is 1.93 bits per heavy atom. The normalized spacial score (nSPS) is 26.4. The van der Waals surface area contributed by atoms with Crippen molar-refractivity contribution in [3.63, 3.8) is 0 Å². The first-order valence-electron chi connectivity index (χ1n) is 5.28. The van der Waals surface area contributed by atoms with Gasteiger partial charge < -0.3 is 5.32 Å². The summed E-state index contributed by atoms with van der Waals surface area (Å²) in [5.74, 6) is 0.565. The molecule has 1 fully saturated rings. The van der Waals surface area contributed by atoms with E-state index in [1.807, 2.05) is 0 Å². The van der Waals surface area contributed by atoms with Crippen LogP contribution in [0.2, 0.25) is 0 Å². The van der Waals surface area contributed by atoms with Gasteiger partial charge in [0.2, 0.25) is 0 Å². The SMILES string of the molecule is C[C@H]1CCC[C@@H]1Nc1ccc(F)cc1. The van der Waals surface area contributed by atoms with E-state index in [1.165, 1.54) is 31.4 Å². The van der Waals surface area contributed by atoms with Gasteiger partial charge in [-0.3, -0.25) is 0 Å². The fourth-order valence-electron chi connectivity index (χ4n) is 2.12. The van der Waals surface area contributed by atoms with Crippen molar-refractivity contribution in [1.82, 2.24) is 0 Å². The number of rotatable bonds is 2. The lowest BCUT2D eigenvalue weighted by Gasteiger charge is -2.18. The number of anilines is 1. The summed E-state index contributed by atoms with van der Waals surface area (Å²) in [5, 5.41) is 3.45. The van der Waals surface area contributed by atoms with Crippen LogP contribution >= 0.6 is 0 Å². The summed E-state index contributed by atoms with van der Waals surface area (Å²) in [5.41, 5.74) is 1.03. The minimum atomic E-state index is -0.171. The average molecular weight is 193 g/mol. The van der Waals surface area contributed by atoms with E-state index in [-0.39, 0.29) is 5.82 Å². The van der Waals surface area contributed by atoms with Crippen molar-refractivity contribution in [1.29, 1.82) is 0 Å². The van der Waals surface area contributed by atoms with Crippen LogP contribution < -0.4 is 5.32 Å². The van der Waals surface area contributed by atoms with Crippen molar-refractivity contribution in [2.75, 3.05) is 5.32 Å². The number of nitrogens with one attached hydrogen (secondary N) is 1. The summed E-state index contributed by atoms with van der Waals surface area (Å²) in [4.78, 5) is 0. The van der Waals surface area contributed by atoms with Gasteiger partial charge in [0, 0.05) is 11.7 Å². The standard InChI is InChI=1S/C12H16FN/c1-9-3-2-4-12(9)14-11-7-5-10(13)6-8-11/h5-9,12,14H,2-4H2,1H3/t9-,12-/m0/s1. The third-order valence-corrected chi connectivity index (χ3v) is 3.06. The molecule has 1 N–H and O–H groups in total. The summed E-state index contributed by atoms with van der Waals surface area (Å²) in [6.45, 7) is 2.27. The third kappa shape index (κ3) is 2.06. The van der Waals surface area contributed by atoms with Gasteiger partial charge in [-0.2, -0.15) is 0 Å². The molecule has 0 aliphatic heterocycles. The van der Waals surface area contributed by atoms with Crippen LogP contribution in [-0.4, -0.2) is 6.04 Å². The smallest absolute Gasteiger partial charge is 0.123 e. The van der Waals surface area contributed by atoms with E-state index in [1.54, 1.807) is 12.1 Å². The van der Waals surface area contributed by atoms with Crippen molar-refractivity contribution >= 4 is 5.69 Å². The maximum atomic E-state index is 12.6. The average Bonchev–Trinajstić information content (AvgIpc) is 2.56. The molecule has 1 saturated carbocycles. The van der Waals surface area contributed by atoms with Gasteiger partial charge in [0.15, 0.2) is 0 Å². The summed E-state index contributed by atoms with van der Waals surface area (Å²) in [7, 11) is 0. The number of halogens is 1. The van der Waals surface area contributed by atoms with Crippen molar-refractivity contribution in [3.8, 4) is 0 Å². The highest BCUT2D eigenvalue weighted by molar-refractivity contribution is 5.44. The van der Waals surface area contributed by atoms with Gasteiger partial charge in [-0.25, -0.2) is 4.39 Å². The van der Waals surface area contributed by atoms with Crippen LogP contribution in [0.4, 0.5) is 10.1 Å². The van der Waals surface area contributed by atoms with Crippen LogP contribution in [0.5, 0.6) is 0 Å². The number of hydrogen-bond acceptors (Lipinski definition) is 1. The second-order valence-electron chi connectivity index (χ2n) is 4.17. The van der Waals surface area contributed by atoms with Crippen molar-refractivity contribution in [2.45, 2.75) is 32.2 Å². The molecule has 0 bridgehead atoms. The molecule has 2 rings (SSSR count). The topological polar surface area (TPSA) is 12.0 Å². The van der Waals surface area contributed by atoms with E-state index in [0.717, 1.165) is 11.6 Å². The summed E-state index contributed by atoms with van der Waals surface area (Å²) in [6, 6.07) is 7.19. The molecule has 0 saturated heterocycles. The maximum absolute atomic E-state index is 12.6. The minimum Gasteiger partial charge on any atom is -0.382 e. The van der Waals surface area contributed by atoms with Gasteiger partial charge in [-0.1, -0.05) is 13.3 Å². The molecule has 14 heavy (non-hydrogen) atoms. The molecule has 0 aromatic heterocycles. The Bertz CT molecular complexity index is 294. The van der Waals surface area contributed by atoms with Gasteiger partial charge in [0.1, 0.15) is 5.82 Å². The highest BCUT2D eigenvalue weighted by Gasteiger charge is 2.22. The third-order valence-electron chi connectivity index (χ3n) is 3.06. The van der Waals surface area contributed by atoms with Crippen LogP contribution in [-0.2, 0) is 0 Å². The predicted octanol–water partition coefficient (Wildman–Crippen LogP) is 3.43. The Kier molecular flexibility index (Phi) is 2.71. The maximum Gasteiger partial charge on any atom is 0.123 e. The van der Waals surface area contributed by atoms with Gasteiger partial charge >= 0.3 is 0 Å². The Morgan fingerprint density at radius 3 is 2.50 bits per heavy atom. The van der Waals surface area contributed by atoms with Gasteiger partial charge in [0.25, 0.3) is 0 Å². The highest BCUT2D eigenvalue weighted by Crippen LogP contribution is 2.27. The van der Waals surface area contributed by atoms with Gasteiger partial charge in [-0.15, -0.1) is 0 Å². The monoisotopic (exact) mass is 193 g/mol. The van der Waals surface area contributed by atoms with Crippen LogP contribution in [0.3, 0.4) is 0 Å². The van der Waals surface area contributed by atoms with Crippen LogP contribution in [0.15, 0.2) is 24.3 Å². The number of hydrogen-bond donors (Lipinski definition) is 1. The molecule has 1 aromatic rings. The molecule has 0 heterocycles. The van der Waals surface area contributed by atoms with E-state index in [9.17, 15) is 4.39 Å².